The summed E-state index contributed by atoms with van der Waals surface area (Å²) in [6, 6.07) is 7.02. The van der Waals surface area contributed by atoms with E-state index in [0.29, 0.717) is 24.4 Å². The second-order valence-electron chi connectivity index (χ2n) is 3.41. The van der Waals surface area contributed by atoms with Crippen molar-refractivity contribution >= 4 is 0 Å². The van der Waals surface area contributed by atoms with Crippen LogP contribution in [0.2, 0.25) is 0 Å². The second kappa shape index (κ2) is 4.80. The number of aromatic amines is 1. The van der Waals surface area contributed by atoms with Crippen molar-refractivity contribution in [3.05, 3.63) is 29.8 Å². The summed E-state index contributed by atoms with van der Waals surface area (Å²) < 4.78 is 13.6. The number of aromatic nitrogens is 4. The molecule has 5 nitrogen and oxygen atoms in total. The Balaban J connectivity index is 2.26. The molecular weight excluding hydrogens is 209 g/mol. The number of nitrogens with one attached hydrogen (secondary N) is 1. The van der Waals surface area contributed by atoms with E-state index < -0.39 is 6.17 Å². The lowest BCUT2D eigenvalue weighted by Crippen LogP contribution is -2.03. The molecule has 0 bridgehead atoms. The molecule has 2 aromatic rings. The van der Waals surface area contributed by atoms with E-state index in [0.717, 1.165) is 5.56 Å². The van der Waals surface area contributed by atoms with E-state index in [1.165, 1.54) is 0 Å². The van der Waals surface area contributed by atoms with E-state index >= 15 is 0 Å². The molecule has 1 aromatic carbocycles. The fourth-order valence-electron chi connectivity index (χ4n) is 1.47. The zero-order valence-corrected chi connectivity index (χ0v) is 8.60. The number of nitrogens with two attached hydrogens (primary N) is 1. The first-order valence-electron chi connectivity index (χ1n) is 4.99. The van der Waals surface area contributed by atoms with Crippen LogP contribution in [0.5, 0.6) is 0 Å². The lowest BCUT2D eigenvalue weighted by Gasteiger charge is -2.07. The molecule has 1 atom stereocenters. The molecule has 2 rings (SSSR count). The highest BCUT2D eigenvalue weighted by Crippen LogP contribution is 2.24. The minimum absolute atomic E-state index is 0.315. The number of tetrazole rings is 1. The third-order valence-electron chi connectivity index (χ3n) is 2.27. The molecular formula is C10H12FN5. The molecule has 0 saturated carbocycles. The molecule has 0 saturated heterocycles. The number of hydrogen-bond acceptors (Lipinski definition) is 4. The first kappa shape index (κ1) is 10.7. The van der Waals surface area contributed by atoms with Crippen molar-refractivity contribution in [2.24, 2.45) is 5.73 Å². The number of nitrogens with zero attached hydrogens (tertiary/aromatic N) is 3. The molecule has 0 radical (unpaired) electrons. The van der Waals surface area contributed by atoms with Crippen LogP contribution in [0.4, 0.5) is 4.39 Å². The smallest absolute Gasteiger partial charge is 0.204 e. The highest BCUT2D eigenvalue weighted by molar-refractivity contribution is 5.55. The molecule has 0 aliphatic heterocycles. The average Bonchev–Trinajstić information content (AvgIpc) is 2.83. The first-order chi connectivity index (χ1) is 7.81. The highest BCUT2D eigenvalue weighted by atomic mass is 19.1. The number of hydrogen-bond donors (Lipinski definition) is 2. The van der Waals surface area contributed by atoms with Gasteiger partial charge in [0, 0.05) is 5.56 Å². The second-order valence-corrected chi connectivity index (χ2v) is 3.41. The molecule has 6 heteroatoms. The SMILES string of the molecule is NCCC(F)c1cccc(-c2nn[nH]n2)c1. The van der Waals surface area contributed by atoms with E-state index in [4.69, 9.17) is 5.73 Å². The molecule has 16 heavy (non-hydrogen) atoms. The van der Waals surface area contributed by atoms with Crippen LogP contribution in [0.3, 0.4) is 0 Å². The van der Waals surface area contributed by atoms with Crippen molar-refractivity contribution in [3.63, 3.8) is 0 Å². The number of halogens is 1. The minimum Gasteiger partial charge on any atom is -0.330 e. The molecule has 0 aliphatic carbocycles. The molecule has 0 spiro atoms. The third kappa shape index (κ3) is 2.22. The van der Waals surface area contributed by atoms with E-state index in [9.17, 15) is 4.39 Å². The topological polar surface area (TPSA) is 80.5 Å². The summed E-state index contributed by atoms with van der Waals surface area (Å²) in [4.78, 5) is 0. The standard InChI is InChI=1S/C10H12FN5/c11-9(4-5-12)7-2-1-3-8(6-7)10-13-15-16-14-10/h1-3,6,9H,4-5,12H2,(H,13,14,15,16). The quantitative estimate of drug-likeness (QED) is 0.813. The summed E-state index contributed by atoms with van der Waals surface area (Å²) in [6.07, 6.45) is -0.729. The van der Waals surface area contributed by atoms with Gasteiger partial charge in [0.2, 0.25) is 5.82 Å². The first-order valence-corrected chi connectivity index (χ1v) is 4.99. The Morgan fingerprint density at radius 1 is 1.44 bits per heavy atom. The van der Waals surface area contributed by atoms with E-state index in [1.807, 2.05) is 6.07 Å². The van der Waals surface area contributed by atoms with Gasteiger partial charge in [0.05, 0.1) is 0 Å². The predicted octanol–water partition coefficient (Wildman–Crippen LogP) is 1.23. The number of alkyl halides is 1. The van der Waals surface area contributed by atoms with Gasteiger partial charge in [-0.2, -0.15) is 5.21 Å². The minimum atomic E-state index is -1.04. The van der Waals surface area contributed by atoms with Crippen LogP contribution in [0.25, 0.3) is 11.4 Å². The van der Waals surface area contributed by atoms with Crippen LogP contribution in [0, 0.1) is 0 Å². The largest absolute Gasteiger partial charge is 0.330 e. The van der Waals surface area contributed by atoms with Gasteiger partial charge >= 0.3 is 0 Å². The molecule has 1 unspecified atom stereocenters. The van der Waals surface area contributed by atoms with Crippen molar-refractivity contribution in [2.45, 2.75) is 12.6 Å². The summed E-state index contributed by atoms with van der Waals surface area (Å²) in [6.45, 7) is 0.327. The number of H-pyrrole nitrogens is 1. The zero-order chi connectivity index (χ0) is 11.4. The molecule has 0 amide bonds. The van der Waals surface area contributed by atoms with Crippen LogP contribution < -0.4 is 5.73 Å². The summed E-state index contributed by atoms with van der Waals surface area (Å²) in [5.74, 6) is 0.460. The van der Waals surface area contributed by atoms with Crippen LogP contribution in [-0.2, 0) is 0 Å². The van der Waals surface area contributed by atoms with Crippen LogP contribution in [0.15, 0.2) is 24.3 Å². The Morgan fingerprint density at radius 3 is 3.00 bits per heavy atom. The summed E-state index contributed by atoms with van der Waals surface area (Å²) in [5, 5.41) is 13.5. The predicted molar refractivity (Wildman–Crippen MR) is 57.1 cm³/mol. The molecule has 1 aromatic heterocycles. The molecule has 1 heterocycles. The van der Waals surface area contributed by atoms with Crippen molar-refractivity contribution < 1.29 is 4.39 Å². The molecule has 0 fully saturated rings. The maximum Gasteiger partial charge on any atom is 0.204 e. The Labute approximate surface area is 91.9 Å². The van der Waals surface area contributed by atoms with Gasteiger partial charge in [0.25, 0.3) is 0 Å². The Bertz CT molecular complexity index is 442. The van der Waals surface area contributed by atoms with Gasteiger partial charge in [-0.1, -0.05) is 18.2 Å². The van der Waals surface area contributed by atoms with Gasteiger partial charge in [-0.15, -0.1) is 10.2 Å². The van der Waals surface area contributed by atoms with Crippen molar-refractivity contribution in [3.8, 4) is 11.4 Å². The zero-order valence-electron chi connectivity index (χ0n) is 8.60. The van der Waals surface area contributed by atoms with Gasteiger partial charge in [-0.05, 0) is 29.8 Å². The summed E-state index contributed by atoms with van der Waals surface area (Å²) in [7, 11) is 0. The van der Waals surface area contributed by atoms with Gasteiger partial charge in [-0.3, -0.25) is 0 Å². The number of rotatable bonds is 4. The molecule has 84 valence electrons. The third-order valence-corrected chi connectivity index (χ3v) is 2.27. The Hall–Kier alpha value is -1.82. The maximum atomic E-state index is 13.6. The van der Waals surface area contributed by atoms with E-state index in [-0.39, 0.29) is 0 Å². The van der Waals surface area contributed by atoms with Crippen molar-refractivity contribution in [1.82, 2.24) is 20.6 Å². The summed E-state index contributed by atoms with van der Waals surface area (Å²) in [5.41, 5.74) is 6.65. The van der Waals surface area contributed by atoms with E-state index in [1.54, 1.807) is 18.2 Å². The fourth-order valence-corrected chi connectivity index (χ4v) is 1.47. The van der Waals surface area contributed by atoms with Gasteiger partial charge in [0.15, 0.2) is 0 Å². The lowest BCUT2D eigenvalue weighted by molar-refractivity contribution is 0.328. The molecule has 3 N–H and O–H groups in total. The summed E-state index contributed by atoms with van der Waals surface area (Å²) >= 11 is 0. The number of benzene rings is 1. The monoisotopic (exact) mass is 221 g/mol. The maximum absolute atomic E-state index is 13.6. The highest BCUT2D eigenvalue weighted by Gasteiger charge is 2.10. The Morgan fingerprint density at radius 2 is 2.31 bits per heavy atom. The Kier molecular flexibility index (Phi) is 3.21. The normalized spacial score (nSPS) is 12.6. The van der Waals surface area contributed by atoms with Crippen LogP contribution >= 0.6 is 0 Å². The average molecular weight is 221 g/mol. The molecule has 0 aliphatic rings. The van der Waals surface area contributed by atoms with Crippen LogP contribution in [-0.4, -0.2) is 27.2 Å². The van der Waals surface area contributed by atoms with Crippen molar-refractivity contribution in [1.29, 1.82) is 0 Å². The van der Waals surface area contributed by atoms with Gasteiger partial charge < -0.3 is 5.73 Å². The van der Waals surface area contributed by atoms with E-state index in [2.05, 4.69) is 20.6 Å². The van der Waals surface area contributed by atoms with Gasteiger partial charge in [-0.25, -0.2) is 4.39 Å². The lowest BCUT2D eigenvalue weighted by atomic mass is 10.0. The van der Waals surface area contributed by atoms with Crippen LogP contribution in [0.1, 0.15) is 18.2 Å². The van der Waals surface area contributed by atoms with Crippen molar-refractivity contribution in [2.75, 3.05) is 6.54 Å². The fraction of sp³-hybridized carbons (Fsp3) is 0.300. The van der Waals surface area contributed by atoms with Gasteiger partial charge in [0.1, 0.15) is 6.17 Å².